The van der Waals surface area contributed by atoms with Crippen molar-refractivity contribution in [2.45, 2.75) is 38.9 Å². The molecule has 34 heavy (non-hydrogen) atoms. The third-order valence-corrected chi connectivity index (χ3v) is 6.82. The van der Waals surface area contributed by atoms with E-state index in [1.807, 2.05) is 24.3 Å². The molecule has 0 spiro atoms. The number of nitrogens with zero attached hydrogens (tertiary/aromatic N) is 2. The molecule has 0 unspecified atom stereocenters. The van der Waals surface area contributed by atoms with Gasteiger partial charge in [-0.2, -0.15) is 13.2 Å². The van der Waals surface area contributed by atoms with Crippen LogP contribution in [0.1, 0.15) is 31.4 Å². The van der Waals surface area contributed by atoms with Crippen molar-refractivity contribution in [3.05, 3.63) is 53.6 Å². The number of hydrogen-bond donors (Lipinski definition) is 1. The molecular weight excluding hydrogens is 443 g/mol. The summed E-state index contributed by atoms with van der Waals surface area (Å²) in [5.74, 6) is 0.691. The van der Waals surface area contributed by atoms with E-state index < -0.39 is 17.7 Å². The van der Waals surface area contributed by atoms with Gasteiger partial charge in [-0.1, -0.05) is 19.9 Å². The summed E-state index contributed by atoms with van der Waals surface area (Å²) in [5, 5.41) is 3.04. The predicted molar refractivity (Wildman–Crippen MR) is 127 cm³/mol. The summed E-state index contributed by atoms with van der Waals surface area (Å²) < 4.78 is 45.5. The number of rotatable bonds is 6. The number of piperazine rings is 1. The lowest BCUT2D eigenvalue weighted by Gasteiger charge is -2.49. The molecule has 1 N–H and O–H groups in total. The van der Waals surface area contributed by atoms with Crippen molar-refractivity contribution in [1.29, 1.82) is 0 Å². The minimum Gasteiger partial charge on any atom is -0.497 e. The van der Waals surface area contributed by atoms with Crippen LogP contribution in [-0.4, -0.2) is 45.2 Å². The number of fused-ring (bicyclic) bond motifs is 3. The molecule has 0 bridgehead atoms. The molecule has 0 aliphatic carbocycles. The number of amides is 1. The average Bonchev–Trinajstić information content (AvgIpc) is 2.82. The number of ether oxygens (including phenoxy) is 1. The van der Waals surface area contributed by atoms with Crippen LogP contribution in [0.5, 0.6) is 5.75 Å². The zero-order chi connectivity index (χ0) is 24.5. The van der Waals surface area contributed by atoms with Gasteiger partial charge in [0.2, 0.25) is 5.91 Å². The topological polar surface area (TPSA) is 44.8 Å². The highest BCUT2D eigenvalue weighted by Crippen LogP contribution is 2.40. The standard InChI is InChI=1S/C26H32F3N3O2/c1-17(2)9-10-30-25(33)22-14-18-13-19(26(27,28)29)7-8-23(18)32-12-11-31(16-24(22)32)20-5-4-6-21(15-20)34-3/h4-8,13,15,17,22,24H,9-12,14,16H2,1-3H3,(H,30,33)/t22-,24-/m0/s1. The third kappa shape index (κ3) is 5.10. The zero-order valence-corrected chi connectivity index (χ0v) is 19.9. The Morgan fingerprint density at radius 3 is 2.68 bits per heavy atom. The molecule has 2 heterocycles. The summed E-state index contributed by atoms with van der Waals surface area (Å²) in [6, 6.07) is 11.6. The number of hydrogen-bond acceptors (Lipinski definition) is 4. The molecule has 4 rings (SSSR count). The van der Waals surface area contributed by atoms with Gasteiger partial charge in [-0.15, -0.1) is 0 Å². The summed E-state index contributed by atoms with van der Waals surface area (Å²) in [5.41, 5.74) is 1.73. The maximum absolute atomic E-state index is 13.4. The van der Waals surface area contributed by atoms with Gasteiger partial charge in [0.1, 0.15) is 5.75 Å². The molecule has 5 nitrogen and oxygen atoms in total. The molecule has 1 amide bonds. The molecule has 8 heteroatoms. The van der Waals surface area contributed by atoms with Crippen LogP contribution in [0.4, 0.5) is 24.5 Å². The molecule has 184 valence electrons. The van der Waals surface area contributed by atoms with Crippen LogP contribution in [-0.2, 0) is 17.4 Å². The SMILES string of the molecule is COc1cccc(N2CCN3c4ccc(C(F)(F)F)cc4C[C@H](C(=O)NCCC(C)C)[C@@H]3C2)c1. The van der Waals surface area contributed by atoms with Gasteiger partial charge in [0.05, 0.1) is 24.6 Å². The summed E-state index contributed by atoms with van der Waals surface area (Å²) >= 11 is 0. The van der Waals surface area contributed by atoms with Crippen molar-refractivity contribution < 1.29 is 22.7 Å². The van der Waals surface area contributed by atoms with Gasteiger partial charge in [0.25, 0.3) is 0 Å². The normalized spacial score (nSPS) is 20.1. The number of anilines is 2. The quantitative estimate of drug-likeness (QED) is 0.655. The Kier molecular flexibility index (Phi) is 6.96. The maximum Gasteiger partial charge on any atom is 0.416 e. The van der Waals surface area contributed by atoms with Crippen LogP contribution in [0.2, 0.25) is 0 Å². The van der Waals surface area contributed by atoms with Gasteiger partial charge in [-0.05, 0) is 54.7 Å². The molecule has 2 aliphatic heterocycles. The van der Waals surface area contributed by atoms with Crippen molar-refractivity contribution in [2.24, 2.45) is 11.8 Å². The highest BCUT2D eigenvalue weighted by atomic mass is 19.4. The van der Waals surface area contributed by atoms with E-state index in [-0.39, 0.29) is 11.9 Å². The van der Waals surface area contributed by atoms with E-state index in [1.165, 1.54) is 6.07 Å². The van der Waals surface area contributed by atoms with Gasteiger partial charge >= 0.3 is 6.18 Å². The molecule has 2 aromatic rings. The van der Waals surface area contributed by atoms with Gasteiger partial charge in [-0.3, -0.25) is 4.79 Å². The Morgan fingerprint density at radius 2 is 1.97 bits per heavy atom. The highest BCUT2D eigenvalue weighted by Gasteiger charge is 2.42. The van der Waals surface area contributed by atoms with E-state index in [2.05, 4.69) is 29.0 Å². The van der Waals surface area contributed by atoms with E-state index in [4.69, 9.17) is 4.74 Å². The van der Waals surface area contributed by atoms with E-state index >= 15 is 0 Å². The summed E-state index contributed by atoms with van der Waals surface area (Å²) in [6.45, 7) is 6.68. The molecule has 0 radical (unpaired) electrons. The number of carbonyl (C=O) groups excluding carboxylic acids is 1. The van der Waals surface area contributed by atoms with E-state index in [9.17, 15) is 18.0 Å². The van der Waals surface area contributed by atoms with Crippen molar-refractivity contribution in [3.63, 3.8) is 0 Å². The summed E-state index contributed by atoms with van der Waals surface area (Å²) in [6.07, 6.45) is -3.26. The molecule has 0 aromatic heterocycles. The van der Waals surface area contributed by atoms with Gasteiger partial charge in [-0.25, -0.2) is 0 Å². The van der Waals surface area contributed by atoms with Gasteiger partial charge in [0.15, 0.2) is 0 Å². The van der Waals surface area contributed by atoms with Crippen LogP contribution in [0.25, 0.3) is 0 Å². The molecule has 0 saturated carbocycles. The number of benzene rings is 2. The minimum atomic E-state index is -4.41. The summed E-state index contributed by atoms with van der Waals surface area (Å²) in [4.78, 5) is 17.6. The zero-order valence-electron chi connectivity index (χ0n) is 19.9. The van der Waals surface area contributed by atoms with Crippen LogP contribution < -0.4 is 19.9 Å². The van der Waals surface area contributed by atoms with Crippen LogP contribution >= 0.6 is 0 Å². The molecule has 2 aliphatic rings. The first-order chi connectivity index (χ1) is 16.2. The predicted octanol–water partition coefficient (Wildman–Crippen LogP) is 4.74. The second-order valence-electron chi connectivity index (χ2n) is 9.53. The van der Waals surface area contributed by atoms with E-state index in [0.717, 1.165) is 29.6 Å². The number of carbonyl (C=O) groups is 1. The Morgan fingerprint density at radius 1 is 1.18 bits per heavy atom. The van der Waals surface area contributed by atoms with Crippen molar-refractivity contribution in [1.82, 2.24) is 5.32 Å². The number of nitrogens with one attached hydrogen (secondary N) is 1. The fourth-order valence-corrected chi connectivity index (χ4v) is 4.96. The fourth-order valence-electron chi connectivity index (χ4n) is 4.96. The van der Waals surface area contributed by atoms with Crippen molar-refractivity contribution in [2.75, 3.05) is 43.1 Å². The monoisotopic (exact) mass is 475 g/mol. The van der Waals surface area contributed by atoms with E-state index in [0.29, 0.717) is 44.1 Å². The lowest BCUT2D eigenvalue weighted by atomic mass is 9.82. The van der Waals surface area contributed by atoms with E-state index in [1.54, 1.807) is 13.2 Å². The van der Waals surface area contributed by atoms with Crippen LogP contribution in [0.3, 0.4) is 0 Å². The number of halogens is 3. The molecule has 1 saturated heterocycles. The Hall–Kier alpha value is -2.90. The highest BCUT2D eigenvalue weighted by molar-refractivity contribution is 5.82. The fraction of sp³-hybridized carbons (Fsp3) is 0.500. The second kappa shape index (κ2) is 9.76. The minimum absolute atomic E-state index is 0.0915. The maximum atomic E-state index is 13.4. The average molecular weight is 476 g/mol. The second-order valence-corrected chi connectivity index (χ2v) is 9.53. The first-order valence-electron chi connectivity index (χ1n) is 11.8. The molecule has 2 atom stereocenters. The van der Waals surface area contributed by atoms with Crippen molar-refractivity contribution >= 4 is 17.3 Å². The van der Waals surface area contributed by atoms with Crippen molar-refractivity contribution in [3.8, 4) is 5.75 Å². The Bertz CT molecular complexity index is 1020. The first kappa shape index (κ1) is 24.2. The summed E-state index contributed by atoms with van der Waals surface area (Å²) in [7, 11) is 1.63. The number of alkyl halides is 3. The Balaban J connectivity index is 1.63. The van der Waals surface area contributed by atoms with Gasteiger partial charge in [0, 0.05) is 43.6 Å². The molecule has 1 fully saturated rings. The van der Waals surface area contributed by atoms with Crippen LogP contribution in [0.15, 0.2) is 42.5 Å². The lowest BCUT2D eigenvalue weighted by molar-refractivity contribution is -0.137. The largest absolute Gasteiger partial charge is 0.497 e. The smallest absolute Gasteiger partial charge is 0.416 e. The number of methoxy groups -OCH3 is 1. The first-order valence-corrected chi connectivity index (χ1v) is 11.8. The molecule has 2 aromatic carbocycles. The molecular formula is C26H32F3N3O2. The Labute approximate surface area is 198 Å². The lowest BCUT2D eigenvalue weighted by Crippen LogP contribution is -2.61. The third-order valence-electron chi connectivity index (χ3n) is 6.82. The van der Waals surface area contributed by atoms with Gasteiger partial charge < -0.3 is 19.9 Å². The van der Waals surface area contributed by atoms with Crippen LogP contribution in [0, 0.1) is 11.8 Å².